The second kappa shape index (κ2) is 10.1. The number of hydrogen-bond acceptors (Lipinski definition) is 5. The number of benzene rings is 2. The van der Waals surface area contributed by atoms with Crippen molar-refractivity contribution in [3.05, 3.63) is 71.6 Å². The number of aryl methyl sites for hydroxylation is 1. The molecule has 2 amide bonds. The zero-order chi connectivity index (χ0) is 27.7. The minimum Gasteiger partial charge on any atom is -0.481 e. The second-order valence-corrected chi connectivity index (χ2v) is 8.84. The number of carboxylic acids is 1. The molecule has 1 aliphatic rings. The van der Waals surface area contributed by atoms with Crippen LogP contribution in [0.4, 0.5) is 38.3 Å². The minimum absolute atomic E-state index is 0.0113. The Bertz CT molecular complexity index is 1410. The summed E-state index contributed by atoms with van der Waals surface area (Å²) < 4.78 is 65.9. The first kappa shape index (κ1) is 26.6. The molecule has 1 atom stereocenters. The molecular weight excluding hydrogens is 515 g/mol. The lowest BCUT2D eigenvalue weighted by molar-refractivity contribution is -0.160. The van der Waals surface area contributed by atoms with Crippen LogP contribution >= 0.6 is 0 Å². The molecule has 0 fully saturated rings. The van der Waals surface area contributed by atoms with E-state index in [1.807, 2.05) is 0 Å². The number of ketones is 1. The van der Waals surface area contributed by atoms with Crippen molar-refractivity contribution in [1.29, 1.82) is 0 Å². The first-order valence-corrected chi connectivity index (χ1v) is 11.2. The van der Waals surface area contributed by atoms with Gasteiger partial charge in [-0.2, -0.15) is 13.2 Å². The molecule has 198 valence electrons. The quantitative estimate of drug-likeness (QED) is 0.354. The minimum atomic E-state index is -4.71. The lowest BCUT2D eigenvalue weighted by Crippen LogP contribution is -2.41. The van der Waals surface area contributed by atoms with Crippen molar-refractivity contribution >= 4 is 29.3 Å². The first-order valence-electron chi connectivity index (χ1n) is 11.2. The predicted molar refractivity (Wildman–Crippen MR) is 124 cm³/mol. The van der Waals surface area contributed by atoms with Crippen LogP contribution < -0.4 is 10.6 Å². The van der Waals surface area contributed by atoms with Crippen molar-refractivity contribution < 1.29 is 41.4 Å². The molecule has 8 nitrogen and oxygen atoms in total. The van der Waals surface area contributed by atoms with Crippen LogP contribution in [0.3, 0.4) is 0 Å². The average molecular weight is 534 g/mol. The SMILES string of the molecule is O=C(O)C[C@@]1(CC(F)(F)F)CCc2cc(-c3cnc(NC(=O)Nc4ccc(F)c(F)c4)cn3)ccc2C1=O. The fourth-order valence-corrected chi connectivity index (χ4v) is 4.42. The van der Waals surface area contributed by atoms with Gasteiger partial charge in [0, 0.05) is 22.9 Å². The molecule has 0 saturated heterocycles. The number of nitrogens with one attached hydrogen (secondary N) is 2. The molecule has 0 aliphatic heterocycles. The third-order valence-corrected chi connectivity index (χ3v) is 6.10. The molecule has 0 radical (unpaired) electrons. The highest BCUT2D eigenvalue weighted by molar-refractivity contribution is 6.04. The number of hydrogen-bond donors (Lipinski definition) is 3. The number of anilines is 2. The second-order valence-electron chi connectivity index (χ2n) is 8.84. The molecule has 1 aromatic heterocycles. The van der Waals surface area contributed by atoms with Crippen molar-refractivity contribution in [2.45, 2.75) is 31.9 Å². The maximum Gasteiger partial charge on any atom is 0.390 e. The summed E-state index contributed by atoms with van der Waals surface area (Å²) in [4.78, 5) is 44.7. The summed E-state index contributed by atoms with van der Waals surface area (Å²) in [7, 11) is 0. The Balaban J connectivity index is 1.49. The molecule has 3 N–H and O–H groups in total. The maximum absolute atomic E-state index is 13.3. The van der Waals surface area contributed by atoms with Crippen molar-refractivity contribution in [2.75, 3.05) is 10.6 Å². The zero-order valence-corrected chi connectivity index (χ0v) is 19.4. The van der Waals surface area contributed by atoms with Gasteiger partial charge >= 0.3 is 18.2 Å². The van der Waals surface area contributed by atoms with Crippen LogP contribution in [0.15, 0.2) is 48.8 Å². The highest BCUT2D eigenvalue weighted by atomic mass is 19.4. The van der Waals surface area contributed by atoms with Gasteiger partial charge in [0.05, 0.1) is 36.3 Å². The summed E-state index contributed by atoms with van der Waals surface area (Å²) >= 11 is 0. The van der Waals surface area contributed by atoms with Crippen molar-refractivity contribution in [3.63, 3.8) is 0 Å². The average Bonchev–Trinajstić information content (AvgIpc) is 2.83. The maximum atomic E-state index is 13.3. The Morgan fingerprint density at radius 2 is 1.76 bits per heavy atom. The Morgan fingerprint density at radius 1 is 1.00 bits per heavy atom. The standard InChI is InChI=1S/C25H19F5N4O4/c26-17-4-2-15(8-18(17)27)33-23(38)34-20-11-31-19(10-32-20)14-1-3-16-13(7-14)5-6-24(22(16)37,9-21(35)36)12-25(28,29)30/h1-4,7-8,10-11H,5-6,9,12H2,(H,35,36)(H2,32,33,34,38)/t24-/m1/s1. The van der Waals surface area contributed by atoms with E-state index in [1.54, 1.807) is 6.07 Å². The number of fused-ring (bicyclic) bond motifs is 1. The summed E-state index contributed by atoms with van der Waals surface area (Å²) in [5, 5.41) is 13.9. The highest BCUT2D eigenvalue weighted by Gasteiger charge is 2.50. The molecule has 2 aromatic carbocycles. The predicted octanol–water partition coefficient (Wildman–Crippen LogP) is 5.61. The van der Waals surface area contributed by atoms with Gasteiger partial charge in [0.1, 0.15) is 0 Å². The van der Waals surface area contributed by atoms with Gasteiger partial charge in [0.2, 0.25) is 0 Å². The van der Waals surface area contributed by atoms with Gasteiger partial charge in [0.15, 0.2) is 23.2 Å². The number of halogens is 5. The number of carbonyl (C=O) groups excluding carboxylic acids is 2. The van der Waals surface area contributed by atoms with E-state index in [9.17, 15) is 36.3 Å². The summed E-state index contributed by atoms with van der Waals surface area (Å²) in [6.45, 7) is 0. The van der Waals surface area contributed by atoms with Gasteiger partial charge in [-0.3, -0.25) is 19.9 Å². The number of carboxylic acid groups (broad SMARTS) is 1. The van der Waals surface area contributed by atoms with Crippen molar-refractivity contribution in [3.8, 4) is 11.3 Å². The number of carbonyl (C=O) groups is 3. The van der Waals surface area contributed by atoms with E-state index in [2.05, 4.69) is 20.6 Å². The van der Waals surface area contributed by atoms with Gasteiger partial charge in [-0.25, -0.2) is 18.6 Å². The number of nitrogens with zero attached hydrogens (tertiary/aromatic N) is 2. The summed E-state index contributed by atoms with van der Waals surface area (Å²) in [5.41, 5.74) is -0.715. The number of rotatable bonds is 6. The number of amides is 2. The monoisotopic (exact) mass is 534 g/mol. The smallest absolute Gasteiger partial charge is 0.390 e. The third-order valence-electron chi connectivity index (χ3n) is 6.10. The van der Waals surface area contributed by atoms with E-state index in [1.165, 1.54) is 30.6 Å². The molecule has 3 aromatic rings. The van der Waals surface area contributed by atoms with Crippen LogP contribution in [0.25, 0.3) is 11.3 Å². The number of aromatic nitrogens is 2. The molecule has 13 heteroatoms. The molecule has 0 bridgehead atoms. The fourth-order valence-electron chi connectivity index (χ4n) is 4.42. The van der Waals surface area contributed by atoms with E-state index in [-0.39, 0.29) is 29.9 Å². The lowest BCUT2D eigenvalue weighted by atomic mass is 9.66. The zero-order valence-electron chi connectivity index (χ0n) is 19.4. The summed E-state index contributed by atoms with van der Waals surface area (Å²) in [6, 6.07) is 6.44. The van der Waals surface area contributed by atoms with E-state index in [0.717, 1.165) is 12.1 Å². The van der Waals surface area contributed by atoms with E-state index in [4.69, 9.17) is 5.11 Å². The van der Waals surface area contributed by atoms with Crippen LogP contribution in [0.2, 0.25) is 0 Å². The first-order chi connectivity index (χ1) is 17.8. The van der Waals surface area contributed by atoms with Gasteiger partial charge in [-0.1, -0.05) is 12.1 Å². The lowest BCUT2D eigenvalue weighted by Gasteiger charge is -2.36. The number of urea groups is 1. The number of alkyl halides is 3. The van der Waals surface area contributed by atoms with Gasteiger partial charge in [0.25, 0.3) is 0 Å². The van der Waals surface area contributed by atoms with Crippen molar-refractivity contribution in [2.24, 2.45) is 5.41 Å². The van der Waals surface area contributed by atoms with E-state index in [0.29, 0.717) is 16.8 Å². The van der Waals surface area contributed by atoms with Gasteiger partial charge < -0.3 is 10.4 Å². The number of Topliss-reactive ketones (excluding diaryl/α,β-unsaturated/α-hetero) is 1. The molecule has 0 unspecified atom stereocenters. The van der Waals surface area contributed by atoms with E-state index < -0.39 is 53.9 Å². The molecule has 1 aliphatic carbocycles. The summed E-state index contributed by atoms with van der Waals surface area (Å²) in [5.74, 6) is -4.50. The fraction of sp³-hybridized carbons (Fsp3) is 0.240. The largest absolute Gasteiger partial charge is 0.481 e. The Hall–Kier alpha value is -4.42. The third kappa shape index (κ3) is 5.93. The molecule has 0 spiro atoms. The highest BCUT2D eigenvalue weighted by Crippen LogP contribution is 2.46. The van der Waals surface area contributed by atoms with Crippen molar-refractivity contribution in [1.82, 2.24) is 9.97 Å². The molecular formula is C25H19F5N4O4. The van der Waals surface area contributed by atoms with Crippen LogP contribution in [-0.2, 0) is 11.2 Å². The Kier molecular flexibility index (Phi) is 7.11. The topological polar surface area (TPSA) is 121 Å². The van der Waals surface area contributed by atoms with Crippen LogP contribution in [0.5, 0.6) is 0 Å². The van der Waals surface area contributed by atoms with Crippen LogP contribution in [0.1, 0.15) is 35.2 Å². The van der Waals surface area contributed by atoms with Crippen LogP contribution in [0, 0.1) is 17.0 Å². The Morgan fingerprint density at radius 3 is 2.39 bits per heavy atom. The normalized spacial score (nSPS) is 17.0. The molecule has 38 heavy (non-hydrogen) atoms. The van der Waals surface area contributed by atoms with Gasteiger partial charge in [-0.15, -0.1) is 0 Å². The summed E-state index contributed by atoms with van der Waals surface area (Å²) in [6.07, 6.45) is -4.80. The number of aliphatic carboxylic acids is 1. The van der Waals surface area contributed by atoms with Crippen LogP contribution in [-0.4, -0.2) is 39.0 Å². The van der Waals surface area contributed by atoms with Gasteiger partial charge in [-0.05, 0) is 36.6 Å². The molecule has 1 heterocycles. The molecule has 4 rings (SSSR count). The van der Waals surface area contributed by atoms with E-state index >= 15 is 0 Å². The molecule has 0 saturated carbocycles. The Labute approximate surface area is 211 Å².